The number of hydrogen-bond acceptors (Lipinski definition) is 6. The number of benzene rings is 2. The van der Waals surface area contributed by atoms with Crippen molar-refractivity contribution in [3.8, 4) is 18.2 Å². The minimum atomic E-state index is -1.82. The van der Waals surface area contributed by atoms with Crippen LogP contribution in [0.5, 0.6) is 0 Å². The summed E-state index contributed by atoms with van der Waals surface area (Å²) in [6.45, 7) is 0. The van der Waals surface area contributed by atoms with E-state index in [1.165, 1.54) is 0 Å². The summed E-state index contributed by atoms with van der Waals surface area (Å²) >= 11 is 0. The van der Waals surface area contributed by atoms with Crippen molar-refractivity contribution >= 4 is 5.90 Å². The topological polar surface area (TPSA) is 114 Å². The summed E-state index contributed by atoms with van der Waals surface area (Å²) in [4.78, 5) is 0. The first-order chi connectivity index (χ1) is 16.0. The second-order valence-corrected chi connectivity index (χ2v) is 9.26. The van der Waals surface area contributed by atoms with Gasteiger partial charge in [0.05, 0.1) is 30.2 Å². The molecule has 5 unspecified atom stereocenters. The molecule has 3 fully saturated rings. The second kappa shape index (κ2) is 7.73. The molecule has 2 aromatic rings. The lowest BCUT2D eigenvalue weighted by Crippen LogP contribution is -2.63. The van der Waals surface area contributed by atoms with Crippen LogP contribution in [0.25, 0.3) is 0 Å². The fourth-order valence-corrected chi connectivity index (χ4v) is 6.18. The van der Waals surface area contributed by atoms with Gasteiger partial charge < -0.3 is 9.47 Å². The maximum absolute atomic E-state index is 10.5. The van der Waals surface area contributed by atoms with Crippen LogP contribution in [0, 0.1) is 56.2 Å². The van der Waals surface area contributed by atoms with Crippen molar-refractivity contribution in [2.45, 2.75) is 49.9 Å². The van der Waals surface area contributed by atoms with E-state index in [-0.39, 0.29) is 11.8 Å². The zero-order valence-corrected chi connectivity index (χ0v) is 18.2. The lowest BCUT2D eigenvalue weighted by molar-refractivity contribution is -0.294. The van der Waals surface area contributed by atoms with Crippen molar-refractivity contribution in [1.82, 2.24) is 0 Å². The van der Waals surface area contributed by atoms with Crippen LogP contribution in [-0.2, 0) is 15.9 Å². The average Bonchev–Trinajstić information content (AvgIpc) is 3.07. The van der Waals surface area contributed by atoms with E-state index in [2.05, 4.69) is 30.3 Å². The van der Waals surface area contributed by atoms with Gasteiger partial charge in [0.15, 0.2) is 10.8 Å². The number of nitriles is 3. The van der Waals surface area contributed by atoms with Crippen molar-refractivity contribution in [2.75, 3.05) is 0 Å². The average molecular weight is 437 g/mol. The van der Waals surface area contributed by atoms with Gasteiger partial charge in [-0.05, 0) is 42.7 Å². The van der Waals surface area contributed by atoms with Crippen molar-refractivity contribution in [1.29, 1.82) is 21.2 Å². The molecule has 3 aliphatic rings. The van der Waals surface area contributed by atoms with Crippen LogP contribution < -0.4 is 0 Å². The third-order valence-corrected chi connectivity index (χ3v) is 7.83. The van der Waals surface area contributed by atoms with Crippen molar-refractivity contribution in [2.24, 2.45) is 16.7 Å². The molecule has 5 rings (SSSR count). The lowest BCUT2D eigenvalue weighted by atomic mass is 9.50. The number of nitrogens with zero attached hydrogens (tertiary/aromatic N) is 3. The van der Waals surface area contributed by atoms with Crippen LogP contribution in [0.3, 0.4) is 0 Å². The number of ether oxygens (including phenoxy) is 2. The zero-order chi connectivity index (χ0) is 23.1. The number of hydrogen-bond donors (Lipinski definition) is 1. The summed E-state index contributed by atoms with van der Waals surface area (Å²) < 4.78 is 12.5. The number of rotatable bonds is 4. The fraction of sp³-hybridized carbons (Fsp3) is 0.407. The molecule has 1 saturated carbocycles. The van der Waals surface area contributed by atoms with E-state index in [0.29, 0.717) is 25.7 Å². The van der Waals surface area contributed by atoms with Gasteiger partial charge in [-0.3, -0.25) is 5.41 Å². The Labute approximate surface area is 193 Å². The van der Waals surface area contributed by atoms with Crippen LogP contribution in [-0.4, -0.2) is 17.8 Å². The summed E-state index contributed by atoms with van der Waals surface area (Å²) in [5.74, 6) is -1.86. The first kappa shape index (κ1) is 21.2. The molecular weight excluding hydrogens is 412 g/mol. The van der Waals surface area contributed by atoms with Crippen LogP contribution in [0.1, 0.15) is 42.7 Å². The van der Waals surface area contributed by atoms with E-state index in [1.54, 1.807) is 0 Å². The molecule has 1 N–H and O–H groups in total. The SMILES string of the molecule is N#CC1(C#N)C(CCc2ccccc2)OC23CCC(c4ccccc4)CC2C1(C#N)C(=N)O3. The van der Waals surface area contributed by atoms with Crippen molar-refractivity contribution < 1.29 is 9.47 Å². The Kier molecular flexibility index (Phi) is 4.97. The van der Waals surface area contributed by atoms with E-state index < -0.39 is 28.6 Å². The molecule has 0 radical (unpaired) electrons. The highest BCUT2D eigenvalue weighted by Crippen LogP contribution is 2.68. The Morgan fingerprint density at radius 1 is 0.939 bits per heavy atom. The summed E-state index contributed by atoms with van der Waals surface area (Å²) in [5.41, 5.74) is -1.27. The second-order valence-electron chi connectivity index (χ2n) is 9.26. The Morgan fingerprint density at radius 3 is 2.24 bits per heavy atom. The molecule has 2 aromatic carbocycles. The Morgan fingerprint density at radius 2 is 1.61 bits per heavy atom. The molecule has 2 aliphatic heterocycles. The molecule has 2 heterocycles. The van der Waals surface area contributed by atoms with E-state index in [0.717, 1.165) is 17.5 Å². The summed E-state index contributed by atoms with van der Waals surface area (Å²) in [6.07, 6.45) is 1.97. The molecule has 5 atom stereocenters. The van der Waals surface area contributed by atoms with Crippen molar-refractivity contribution in [3.63, 3.8) is 0 Å². The van der Waals surface area contributed by atoms with Gasteiger partial charge in [0.25, 0.3) is 0 Å². The maximum Gasteiger partial charge on any atom is 0.217 e. The Hall–Kier alpha value is -3.66. The van der Waals surface area contributed by atoms with Gasteiger partial charge >= 0.3 is 0 Å². The van der Waals surface area contributed by atoms with E-state index >= 15 is 0 Å². The minimum absolute atomic E-state index is 0.145. The summed E-state index contributed by atoms with van der Waals surface area (Å²) in [6, 6.07) is 26.4. The summed E-state index contributed by atoms with van der Waals surface area (Å²) in [5, 5.41) is 39.9. The quantitative estimate of drug-likeness (QED) is 0.736. The van der Waals surface area contributed by atoms with E-state index in [9.17, 15) is 15.8 Å². The molecule has 33 heavy (non-hydrogen) atoms. The smallest absolute Gasteiger partial charge is 0.217 e. The zero-order valence-electron chi connectivity index (χ0n) is 18.2. The highest BCUT2D eigenvalue weighted by Gasteiger charge is 2.80. The van der Waals surface area contributed by atoms with Gasteiger partial charge in [-0.15, -0.1) is 0 Å². The predicted molar refractivity (Wildman–Crippen MR) is 119 cm³/mol. The van der Waals surface area contributed by atoms with E-state index in [1.807, 2.05) is 48.5 Å². The van der Waals surface area contributed by atoms with Gasteiger partial charge in [0.2, 0.25) is 11.7 Å². The lowest BCUT2D eigenvalue weighted by Gasteiger charge is -2.52. The van der Waals surface area contributed by atoms with Crippen molar-refractivity contribution in [3.05, 3.63) is 71.8 Å². The highest BCUT2D eigenvalue weighted by molar-refractivity contribution is 5.89. The van der Waals surface area contributed by atoms with Gasteiger partial charge in [-0.25, -0.2) is 0 Å². The van der Waals surface area contributed by atoms with Gasteiger partial charge in [0, 0.05) is 6.42 Å². The van der Waals surface area contributed by atoms with Crippen LogP contribution in [0.4, 0.5) is 0 Å². The van der Waals surface area contributed by atoms with Gasteiger partial charge in [-0.2, -0.15) is 15.8 Å². The largest absolute Gasteiger partial charge is 0.447 e. The van der Waals surface area contributed by atoms with E-state index in [4.69, 9.17) is 14.9 Å². The molecule has 1 aliphatic carbocycles. The number of aryl methyl sites for hydroxylation is 1. The van der Waals surface area contributed by atoms with Crippen LogP contribution >= 0.6 is 0 Å². The maximum atomic E-state index is 10.5. The molecule has 0 spiro atoms. The normalized spacial score (nSPS) is 33.6. The molecule has 6 nitrogen and oxygen atoms in total. The minimum Gasteiger partial charge on any atom is -0.447 e. The Bertz CT molecular complexity index is 1180. The molecule has 0 aromatic heterocycles. The first-order valence-corrected chi connectivity index (χ1v) is 11.3. The fourth-order valence-electron chi connectivity index (χ4n) is 6.18. The van der Waals surface area contributed by atoms with Crippen LogP contribution in [0.2, 0.25) is 0 Å². The standard InChI is InChI=1S/C27H24N4O2/c28-16-25(17-29)23(12-11-19-7-3-1-4-8-19)32-27-14-13-21(20-9-5-2-6-10-20)15-22(27)26(25,18-30)24(31)33-27/h1-10,21-23,31H,11-15H2. The molecule has 6 heteroatoms. The molecular formula is C27H24N4O2. The third kappa shape index (κ3) is 2.83. The molecule has 2 saturated heterocycles. The van der Waals surface area contributed by atoms with Gasteiger partial charge in [-0.1, -0.05) is 60.7 Å². The number of nitrogens with one attached hydrogen (secondary N) is 1. The molecule has 2 bridgehead atoms. The Balaban J connectivity index is 1.56. The summed E-state index contributed by atoms with van der Waals surface area (Å²) in [7, 11) is 0. The predicted octanol–water partition coefficient (Wildman–Crippen LogP) is 4.85. The van der Waals surface area contributed by atoms with Crippen LogP contribution in [0.15, 0.2) is 60.7 Å². The van der Waals surface area contributed by atoms with Gasteiger partial charge in [0.1, 0.15) is 0 Å². The molecule has 164 valence electrons. The molecule has 0 amide bonds. The third-order valence-electron chi connectivity index (χ3n) is 7.83. The highest BCUT2D eigenvalue weighted by atomic mass is 16.7. The first-order valence-electron chi connectivity index (χ1n) is 11.3. The monoisotopic (exact) mass is 436 g/mol.